The zero-order valence-corrected chi connectivity index (χ0v) is 15.5. The molecule has 0 aliphatic carbocycles. The van der Waals surface area contributed by atoms with E-state index in [1.54, 1.807) is 11.3 Å². The third-order valence-corrected chi connectivity index (χ3v) is 5.11. The zero-order valence-electron chi connectivity index (χ0n) is 14.7. The maximum Gasteiger partial charge on any atom is 0.0949 e. The highest BCUT2D eigenvalue weighted by Gasteiger charge is 2.28. The van der Waals surface area contributed by atoms with Crippen molar-refractivity contribution in [2.75, 3.05) is 32.9 Å². The summed E-state index contributed by atoms with van der Waals surface area (Å²) in [4.78, 5) is 11.4. The van der Waals surface area contributed by atoms with Crippen LogP contribution in [0.1, 0.15) is 34.9 Å². The summed E-state index contributed by atoms with van der Waals surface area (Å²) in [5.41, 5.74) is 3.49. The summed E-state index contributed by atoms with van der Waals surface area (Å²) in [5.74, 6) is 0.336. The Morgan fingerprint density at radius 1 is 1.38 bits per heavy atom. The molecule has 7 heteroatoms. The van der Waals surface area contributed by atoms with Gasteiger partial charge < -0.3 is 14.0 Å². The van der Waals surface area contributed by atoms with Gasteiger partial charge in [-0.3, -0.25) is 4.90 Å². The molecule has 0 saturated heterocycles. The summed E-state index contributed by atoms with van der Waals surface area (Å²) in [6, 6.07) is 0. The van der Waals surface area contributed by atoms with E-state index in [4.69, 9.17) is 9.47 Å². The molecule has 6 nitrogen and oxygen atoms in total. The molecule has 2 aromatic heterocycles. The number of aromatic nitrogens is 3. The van der Waals surface area contributed by atoms with Crippen LogP contribution < -0.4 is 0 Å². The molecule has 3 rings (SSSR count). The van der Waals surface area contributed by atoms with Crippen molar-refractivity contribution in [3.63, 3.8) is 0 Å². The highest BCUT2D eigenvalue weighted by atomic mass is 32.1. The van der Waals surface area contributed by atoms with Gasteiger partial charge in [0, 0.05) is 50.3 Å². The molecule has 0 spiro atoms. The van der Waals surface area contributed by atoms with Crippen LogP contribution in [0.2, 0.25) is 0 Å². The average molecular weight is 350 g/mol. The van der Waals surface area contributed by atoms with Gasteiger partial charge in [0.25, 0.3) is 0 Å². The largest absolute Gasteiger partial charge is 0.380 e. The molecule has 0 unspecified atom stereocenters. The Kier molecular flexibility index (Phi) is 5.99. The van der Waals surface area contributed by atoms with E-state index in [2.05, 4.69) is 31.9 Å². The van der Waals surface area contributed by atoms with Crippen LogP contribution in [0.5, 0.6) is 0 Å². The van der Waals surface area contributed by atoms with Gasteiger partial charge in [-0.15, -0.1) is 11.3 Å². The molecule has 0 saturated carbocycles. The Labute approximate surface area is 147 Å². The Bertz CT molecular complexity index is 655. The van der Waals surface area contributed by atoms with Crippen molar-refractivity contribution in [2.24, 2.45) is 7.05 Å². The van der Waals surface area contributed by atoms with Crippen LogP contribution >= 0.6 is 11.3 Å². The number of imidazole rings is 1. The van der Waals surface area contributed by atoms with E-state index in [-0.39, 0.29) is 0 Å². The molecule has 0 N–H and O–H groups in total. The van der Waals surface area contributed by atoms with Gasteiger partial charge in [0.05, 0.1) is 42.5 Å². The number of rotatable bonds is 8. The van der Waals surface area contributed by atoms with Crippen LogP contribution in [0.15, 0.2) is 11.7 Å². The van der Waals surface area contributed by atoms with Crippen molar-refractivity contribution in [1.29, 1.82) is 0 Å². The van der Waals surface area contributed by atoms with Crippen molar-refractivity contribution in [1.82, 2.24) is 19.4 Å². The SMILES string of the molecule is CCOCCN1Cc2ncn(C)c2[C@@H](COCc2csc(C)n2)C1. The van der Waals surface area contributed by atoms with Crippen molar-refractivity contribution >= 4 is 11.3 Å². The summed E-state index contributed by atoms with van der Waals surface area (Å²) in [5, 5.41) is 3.15. The monoisotopic (exact) mass is 350 g/mol. The minimum atomic E-state index is 0.336. The first-order valence-electron chi connectivity index (χ1n) is 8.46. The fraction of sp³-hybridized carbons (Fsp3) is 0.647. The fourth-order valence-electron chi connectivity index (χ4n) is 3.23. The second-order valence-corrected chi connectivity index (χ2v) is 7.25. The van der Waals surface area contributed by atoms with Crippen LogP contribution in [-0.2, 0) is 29.7 Å². The standard InChI is InChI=1S/C17H26N4O2S/c1-4-22-6-5-21-7-14(17-16(8-21)18-12-20(17)3)9-23-10-15-11-24-13(2)19-15/h11-12,14H,4-10H2,1-3H3/t14-/m1/s1. The molecule has 2 aromatic rings. The Morgan fingerprint density at radius 2 is 2.25 bits per heavy atom. The molecule has 1 aliphatic heterocycles. The average Bonchev–Trinajstić information content (AvgIpc) is 3.14. The van der Waals surface area contributed by atoms with E-state index in [0.717, 1.165) is 43.5 Å². The Hall–Kier alpha value is -1.28. The fourth-order valence-corrected chi connectivity index (χ4v) is 3.83. The topological polar surface area (TPSA) is 52.4 Å². The van der Waals surface area contributed by atoms with Gasteiger partial charge in [-0.2, -0.15) is 0 Å². The predicted octanol–water partition coefficient (Wildman–Crippen LogP) is 2.34. The normalized spacial score (nSPS) is 18.0. The maximum absolute atomic E-state index is 5.97. The van der Waals surface area contributed by atoms with E-state index < -0.39 is 0 Å². The number of aryl methyl sites for hydroxylation is 2. The van der Waals surface area contributed by atoms with Crippen molar-refractivity contribution in [3.05, 3.63) is 33.8 Å². The number of hydrogen-bond acceptors (Lipinski definition) is 6. The van der Waals surface area contributed by atoms with E-state index in [1.807, 2.05) is 20.2 Å². The van der Waals surface area contributed by atoms with Crippen molar-refractivity contribution in [3.8, 4) is 0 Å². The Morgan fingerprint density at radius 3 is 3.00 bits per heavy atom. The van der Waals surface area contributed by atoms with Crippen LogP contribution in [0.25, 0.3) is 0 Å². The second kappa shape index (κ2) is 8.20. The Balaban J connectivity index is 1.60. The molecule has 0 fully saturated rings. The summed E-state index contributed by atoms with van der Waals surface area (Å²) in [7, 11) is 2.07. The third-order valence-electron chi connectivity index (χ3n) is 4.29. The van der Waals surface area contributed by atoms with E-state index in [1.165, 1.54) is 11.4 Å². The highest BCUT2D eigenvalue weighted by Crippen LogP contribution is 2.27. The van der Waals surface area contributed by atoms with E-state index in [9.17, 15) is 0 Å². The minimum absolute atomic E-state index is 0.336. The molecule has 0 bridgehead atoms. The maximum atomic E-state index is 5.97. The lowest BCUT2D eigenvalue weighted by atomic mass is 9.99. The predicted molar refractivity (Wildman–Crippen MR) is 94.2 cm³/mol. The first-order valence-corrected chi connectivity index (χ1v) is 9.34. The molecule has 3 heterocycles. The molecule has 24 heavy (non-hydrogen) atoms. The van der Waals surface area contributed by atoms with Crippen molar-refractivity contribution < 1.29 is 9.47 Å². The summed E-state index contributed by atoms with van der Waals surface area (Å²) < 4.78 is 13.6. The quantitative estimate of drug-likeness (QED) is 0.684. The summed E-state index contributed by atoms with van der Waals surface area (Å²) in [6.07, 6.45) is 1.91. The van der Waals surface area contributed by atoms with Crippen LogP contribution in [0, 0.1) is 6.92 Å². The number of thiazole rings is 1. The first-order chi connectivity index (χ1) is 11.7. The molecule has 132 valence electrons. The highest BCUT2D eigenvalue weighted by molar-refractivity contribution is 7.09. The number of nitrogens with zero attached hydrogens (tertiary/aromatic N) is 4. The number of fused-ring (bicyclic) bond motifs is 1. The van der Waals surface area contributed by atoms with Gasteiger partial charge in [0.2, 0.25) is 0 Å². The number of ether oxygens (including phenoxy) is 2. The van der Waals surface area contributed by atoms with Gasteiger partial charge >= 0.3 is 0 Å². The van der Waals surface area contributed by atoms with Crippen LogP contribution in [-0.4, -0.2) is 52.3 Å². The van der Waals surface area contributed by atoms with Gasteiger partial charge in [0.15, 0.2) is 0 Å². The lowest BCUT2D eigenvalue weighted by Gasteiger charge is -2.32. The molecule has 0 aromatic carbocycles. The molecule has 1 aliphatic rings. The van der Waals surface area contributed by atoms with Crippen LogP contribution in [0.3, 0.4) is 0 Å². The van der Waals surface area contributed by atoms with Crippen molar-refractivity contribution in [2.45, 2.75) is 32.9 Å². The minimum Gasteiger partial charge on any atom is -0.380 e. The molecule has 1 atom stereocenters. The second-order valence-electron chi connectivity index (χ2n) is 6.19. The number of hydrogen-bond donors (Lipinski definition) is 0. The molecular weight excluding hydrogens is 324 g/mol. The summed E-state index contributed by atoms with van der Waals surface area (Å²) in [6.45, 7) is 9.66. The van der Waals surface area contributed by atoms with Gasteiger partial charge in [-0.1, -0.05) is 0 Å². The molecular formula is C17H26N4O2S. The van der Waals surface area contributed by atoms with Gasteiger partial charge in [0.1, 0.15) is 0 Å². The smallest absolute Gasteiger partial charge is 0.0949 e. The molecule has 0 radical (unpaired) electrons. The van der Waals surface area contributed by atoms with Crippen LogP contribution in [0.4, 0.5) is 0 Å². The first kappa shape index (κ1) is 17.5. The lowest BCUT2D eigenvalue weighted by Crippen LogP contribution is -2.38. The zero-order chi connectivity index (χ0) is 16.9. The molecule has 0 amide bonds. The third kappa shape index (κ3) is 4.22. The lowest BCUT2D eigenvalue weighted by molar-refractivity contribution is 0.0681. The van der Waals surface area contributed by atoms with Gasteiger partial charge in [-0.05, 0) is 13.8 Å². The summed E-state index contributed by atoms with van der Waals surface area (Å²) >= 11 is 1.67. The van der Waals surface area contributed by atoms with E-state index >= 15 is 0 Å². The van der Waals surface area contributed by atoms with E-state index in [0.29, 0.717) is 19.1 Å². The van der Waals surface area contributed by atoms with Gasteiger partial charge in [-0.25, -0.2) is 9.97 Å².